The van der Waals surface area contributed by atoms with Gasteiger partial charge in [-0.05, 0) is 37.3 Å². The highest BCUT2D eigenvalue weighted by atomic mass is 16.5. The third-order valence-electron chi connectivity index (χ3n) is 4.54. The molecule has 1 fully saturated rings. The van der Waals surface area contributed by atoms with Crippen molar-refractivity contribution in [2.45, 2.75) is 38.3 Å². The smallest absolute Gasteiger partial charge is 0.307 e. The molecule has 0 aliphatic carbocycles. The SMILES string of the molecule is COC(C1CCCN1)C(C)C(Cc1ccccc1)C(=O)O. The van der Waals surface area contributed by atoms with E-state index in [0.29, 0.717) is 6.42 Å². The van der Waals surface area contributed by atoms with Crippen molar-refractivity contribution in [1.29, 1.82) is 0 Å². The van der Waals surface area contributed by atoms with Crippen LogP contribution in [0.25, 0.3) is 0 Å². The predicted molar refractivity (Wildman–Crippen MR) is 82.3 cm³/mol. The number of carbonyl (C=O) groups is 1. The zero-order valence-corrected chi connectivity index (χ0v) is 12.8. The Balaban J connectivity index is 2.10. The Morgan fingerprint density at radius 1 is 1.43 bits per heavy atom. The summed E-state index contributed by atoms with van der Waals surface area (Å²) in [6.07, 6.45) is 2.68. The molecule has 1 aromatic rings. The number of hydrogen-bond donors (Lipinski definition) is 2. The average Bonchev–Trinajstić information content (AvgIpc) is 3.00. The Kier molecular flexibility index (Phi) is 5.76. The van der Waals surface area contributed by atoms with Crippen molar-refractivity contribution in [3.05, 3.63) is 35.9 Å². The van der Waals surface area contributed by atoms with Crippen LogP contribution < -0.4 is 5.32 Å². The summed E-state index contributed by atoms with van der Waals surface area (Å²) in [5.74, 6) is -1.21. The fourth-order valence-electron chi connectivity index (χ4n) is 3.33. The molecule has 2 rings (SSSR count). The predicted octanol–water partition coefficient (Wildman–Crippen LogP) is 2.33. The highest BCUT2D eigenvalue weighted by Crippen LogP contribution is 2.27. The number of methoxy groups -OCH3 is 1. The summed E-state index contributed by atoms with van der Waals surface area (Å²) >= 11 is 0. The first-order valence-electron chi connectivity index (χ1n) is 7.66. The van der Waals surface area contributed by atoms with Gasteiger partial charge in [0.25, 0.3) is 0 Å². The second-order valence-electron chi connectivity index (χ2n) is 5.90. The van der Waals surface area contributed by atoms with Crippen molar-refractivity contribution in [2.75, 3.05) is 13.7 Å². The van der Waals surface area contributed by atoms with E-state index in [0.717, 1.165) is 24.9 Å². The molecule has 2 N–H and O–H groups in total. The van der Waals surface area contributed by atoms with Gasteiger partial charge in [0.2, 0.25) is 0 Å². The quantitative estimate of drug-likeness (QED) is 0.809. The number of rotatable bonds is 7. The van der Waals surface area contributed by atoms with Crippen LogP contribution in [-0.2, 0) is 16.0 Å². The lowest BCUT2D eigenvalue weighted by Crippen LogP contribution is -2.44. The van der Waals surface area contributed by atoms with Crippen LogP contribution in [0.1, 0.15) is 25.3 Å². The highest BCUT2D eigenvalue weighted by molar-refractivity contribution is 5.71. The van der Waals surface area contributed by atoms with Crippen molar-refractivity contribution >= 4 is 5.97 Å². The molecular weight excluding hydrogens is 266 g/mol. The van der Waals surface area contributed by atoms with Gasteiger partial charge in [0.05, 0.1) is 12.0 Å². The van der Waals surface area contributed by atoms with E-state index in [-0.39, 0.29) is 18.1 Å². The largest absolute Gasteiger partial charge is 0.481 e. The molecule has 1 saturated heterocycles. The Bertz CT molecular complexity index is 443. The Morgan fingerprint density at radius 2 is 2.14 bits per heavy atom. The highest BCUT2D eigenvalue weighted by Gasteiger charge is 2.36. The van der Waals surface area contributed by atoms with E-state index in [1.165, 1.54) is 0 Å². The molecule has 4 unspecified atom stereocenters. The monoisotopic (exact) mass is 291 g/mol. The van der Waals surface area contributed by atoms with Gasteiger partial charge in [0.15, 0.2) is 0 Å². The molecular formula is C17H25NO3. The van der Waals surface area contributed by atoms with Gasteiger partial charge in [-0.1, -0.05) is 37.3 Å². The zero-order chi connectivity index (χ0) is 15.2. The normalized spacial score (nSPS) is 22.7. The van der Waals surface area contributed by atoms with Crippen LogP contribution >= 0.6 is 0 Å². The maximum absolute atomic E-state index is 11.7. The van der Waals surface area contributed by atoms with Crippen LogP contribution in [0.15, 0.2) is 30.3 Å². The fraction of sp³-hybridized carbons (Fsp3) is 0.588. The molecule has 0 amide bonds. The van der Waals surface area contributed by atoms with Crippen LogP contribution in [-0.4, -0.2) is 36.9 Å². The van der Waals surface area contributed by atoms with Gasteiger partial charge < -0.3 is 15.2 Å². The van der Waals surface area contributed by atoms with E-state index in [1.54, 1.807) is 7.11 Å². The Hall–Kier alpha value is -1.39. The molecule has 0 aromatic heterocycles. The number of carboxylic acid groups (broad SMARTS) is 1. The van der Waals surface area contributed by atoms with Gasteiger partial charge in [-0.2, -0.15) is 0 Å². The van der Waals surface area contributed by atoms with E-state index in [4.69, 9.17) is 4.74 Å². The van der Waals surface area contributed by atoms with E-state index in [1.807, 2.05) is 37.3 Å². The molecule has 4 nitrogen and oxygen atoms in total. The molecule has 0 radical (unpaired) electrons. The van der Waals surface area contributed by atoms with Crippen LogP contribution in [0.2, 0.25) is 0 Å². The van der Waals surface area contributed by atoms with E-state index in [9.17, 15) is 9.90 Å². The first kappa shape index (κ1) is 16.0. The standard InChI is InChI=1S/C17H25NO3/c1-12(16(21-2)15-9-6-10-18-15)14(17(19)20)11-13-7-4-3-5-8-13/h3-5,7-8,12,14-16,18H,6,9-11H2,1-2H3,(H,19,20). The number of aliphatic carboxylic acids is 1. The molecule has 4 atom stereocenters. The van der Waals surface area contributed by atoms with E-state index in [2.05, 4.69) is 5.32 Å². The first-order chi connectivity index (χ1) is 10.1. The number of benzene rings is 1. The van der Waals surface area contributed by atoms with Crippen molar-refractivity contribution in [1.82, 2.24) is 5.32 Å². The molecule has 4 heteroatoms. The second kappa shape index (κ2) is 7.57. The average molecular weight is 291 g/mol. The molecule has 1 aromatic carbocycles. The van der Waals surface area contributed by atoms with Crippen molar-refractivity contribution < 1.29 is 14.6 Å². The summed E-state index contributed by atoms with van der Waals surface area (Å²) in [6, 6.07) is 10.1. The van der Waals surface area contributed by atoms with Crippen molar-refractivity contribution in [3.8, 4) is 0 Å². The third kappa shape index (κ3) is 4.05. The maximum Gasteiger partial charge on any atom is 0.307 e. The summed E-state index contributed by atoms with van der Waals surface area (Å²) in [5, 5.41) is 13.0. The molecule has 0 spiro atoms. The zero-order valence-electron chi connectivity index (χ0n) is 12.8. The van der Waals surface area contributed by atoms with E-state index < -0.39 is 11.9 Å². The van der Waals surface area contributed by atoms with Gasteiger partial charge >= 0.3 is 5.97 Å². The topological polar surface area (TPSA) is 58.6 Å². The van der Waals surface area contributed by atoms with Gasteiger partial charge in [0, 0.05) is 13.2 Å². The van der Waals surface area contributed by atoms with Gasteiger partial charge in [-0.15, -0.1) is 0 Å². The van der Waals surface area contributed by atoms with Crippen LogP contribution in [0.3, 0.4) is 0 Å². The molecule has 1 heterocycles. The summed E-state index contributed by atoms with van der Waals surface area (Å²) in [7, 11) is 1.68. The number of hydrogen-bond acceptors (Lipinski definition) is 3. The molecule has 21 heavy (non-hydrogen) atoms. The molecule has 0 saturated carbocycles. The summed E-state index contributed by atoms with van der Waals surface area (Å²) in [4.78, 5) is 11.7. The molecule has 116 valence electrons. The summed E-state index contributed by atoms with van der Waals surface area (Å²) in [5.41, 5.74) is 1.06. The minimum absolute atomic E-state index is 0.0386. The maximum atomic E-state index is 11.7. The van der Waals surface area contributed by atoms with Crippen LogP contribution in [0.4, 0.5) is 0 Å². The van der Waals surface area contributed by atoms with Gasteiger partial charge in [-0.25, -0.2) is 0 Å². The van der Waals surface area contributed by atoms with Gasteiger partial charge in [-0.3, -0.25) is 4.79 Å². The summed E-state index contributed by atoms with van der Waals surface area (Å²) < 4.78 is 5.64. The minimum atomic E-state index is -0.744. The lowest BCUT2D eigenvalue weighted by molar-refractivity contribution is -0.146. The van der Waals surface area contributed by atoms with E-state index >= 15 is 0 Å². The van der Waals surface area contributed by atoms with Gasteiger partial charge in [0.1, 0.15) is 0 Å². The number of nitrogens with one attached hydrogen (secondary N) is 1. The number of ether oxygens (including phenoxy) is 1. The molecule has 1 aliphatic rings. The minimum Gasteiger partial charge on any atom is -0.481 e. The van der Waals surface area contributed by atoms with Crippen molar-refractivity contribution in [2.24, 2.45) is 11.8 Å². The van der Waals surface area contributed by atoms with Crippen LogP contribution in [0.5, 0.6) is 0 Å². The lowest BCUT2D eigenvalue weighted by atomic mass is 9.81. The molecule has 1 aliphatic heterocycles. The second-order valence-corrected chi connectivity index (χ2v) is 5.90. The Morgan fingerprint density at radius 3 is 2.67 bits per heavy atom. The first-order valence-corrected chi connectivity index (χ1v) is 7.66. The number of carboxylic acids is 1. The lowest BCUT2D eigenvalue weighted by Gasteiger charge is -2.32. The fourth-order valence-corrected chi connectivity index (χ4v) is 3.33. The summed E-state index contributed by atoms with van der Waals surface area (Å²) in [6.45, 7) is 2.99. The molecule has 0 bridgehead atoms. The van der Waals surface area contributed by atoms with Crippen LogP contribution in [0, 0.1) is 11.8 Å². The van der Waals surface area contributed by atoms with Crippen molar-refractivity contribution in [3.63, 3.8) is 0 Å². The Labute approximate surface area is 126 Å². The third-order valence-corrected chi connectivity index (χ3v) is 4.54.